The number of esters is 1. The summed E-state index contributed by atoms with van der Waals surface area (Å²) in [6, 6.07) is -0.900. The molecule has 1 aromatic heterocycles. The van der Waals surface area contributed by atoms with Crippen LogP contribution in [0, 0.1) is 5.41 Å². The van der Waals surface area contributed by atoms with Crippen LogP contribution in [0.2, 0.25) is 0 Å². The molecule has 0 radical (unpaired) electrons. The predicted octanol–water partition coefficient (Wildman–Crippen LogP) is -0.889. The van der Waals surface area contributed by atoms with Gasteiger partial charge in [0, 0.05) is 23.6 Å². The third-order valence-electron chi connectivity index (χ3n) is 4.13. The number of thioether (sulfide) groups is 1. The number of nitrogens with one attached hydrogen (secondary N) is 2. The summed E-state index contributed by atoms with van der Waals surface area (Å²) in [4.78, 5) is 48.2. The summed E-state index contributed by atoms with van der Waals surface area (Å²) < 4.78 is 5.44. The number of carbonyl (C=O) groups is 4. The number of amides is 2. The molecule has 13 heteroatoms. The number of aliphatic carboxylic acids is 1. The van der Waals surface area contributed by atoms with E-state index in [9.17, 15) is 29.5 Å². The summed E-state index contributed by atoms with van der Waals surface area (Å²) in [6.45, 7) is 0.981. The summed E-state index contributed by atoms with van der Waals surface area (Å²) in [7, 11) is 0. The fourth-order valence-electron chi connectivity index (χ4n) is 2.84. The van der Waals surface area contributed by atoms with Crippen molar-refractivity contribution in [2.45, 2.75) is 24.8 Å². The van der Waals surface area contributed by atoms with Crippen molar-refractivity contribution in [2.75, 3.05) is 12.4 Å². The largest absolute Gasteiger partial charge is 0.477 e. The minimum Gasteiger partial charge on any atom is -0.477 e. The predicted molar refractivity (Wildman–Crippen MR) is 95.4 cm³/mol. The highest BCUT2D eigenvalue weighted by atomic mass is 32.2. The van der Waals surface area contributed by atoms with Crippen LogP contribution in [0.1, 0.15) is 12.6 Å². The molecule has 0 spiro atoms. The molecule has 11 nitrogen and oxygen atoms in total. The molecule has 3 rings (SSSR count). The number of rotatable bonds is 6. The number of β-lactam (4-membered cyclic amide) rings is 1. The lowest BCUT2D eigenvalue weighted by molar-refractivity contribution is -0.151. The normalized spacial score (nSPS) is 21.0. The summed E-state index contributed by atoms with van der Waals surface area (Å²) in [5, 5.41) is 29.9. The van der Waals surface area contributed by atoms with E-state index in [1.165, 1.54) is 24.1 Å². The molecular weight excluding hydrogens is 412 g/mol. The van der Waals surface area contributed by atoms with E-state index >= 15 is 0 Å². The van der Waals surface area contributed by atoms with E-state index in [-0.39, 0.29) is 35.0 Å². The van der Waals surface area contributed by atoms with Crippen molar-refractivity contribution in [1.82, 2.24) is 14.9 Å². The molecule has 0 bridgehead atoms. The fourth-order valence-corrected chi connectivity index (χ4v) is 4.82. The molecule has 0 aromatic carbocycles. The second-order valence-electron chi connectivity index (χ2n) is 6.01. The Kier molecular flexibility index (Phi) is 5.47. The minimum atomic E-state index is -1.31. The molecule has 1 fully saturated rings. The second kappa shape index (κ2) is 7.67. The van der Waals surface area contributed by atoms with Gasteiger partial charge in [-0.1, -0.05) is 0 Å². The lowest BCUT2D eigenvalue weighted by Gasteiger charge is -2.49. The molecule has 4 N–H and O–H groups in total. The fraction of sp³-hybridized carbons (Fsp3) is 0.400. The first kappa shape index (κ1) is 19.9. The molecule has 1 aromatic rings. The zero-order chi connectivity index (χ0) is 20.6. The van der Waals surface area contributed by atoms with E-state index in [1.54, 1.807) is 0 Å². The Labute approximate surface area is 166 Å². The number of carbonyl (C=O) groups excluding carboxylic acids is 3. The summed E-state index contributed by atoms with van der Waals surface area (Å²) in [6.07, 6.45) is -0.230. The van der Waals surface area contributed by atoms with Gasteiger partial charge < -0.3 is 20.4 Å². The highest BCUT2D eigenvalue weighted by Gasteiger charge is 2.54. The maximum atomic E-state index is 12.5. The lowest BCUT2D eigenvalue weighted by atomic mass is 10.0. The van der Waals surface area contributed by atoms with Crippen LogP contribution in [-0.2, 0) is 30.3 Å². The van der Waals surface area contributed by atoms with Gasteiger partial charge in [0.1, 0.15) is 23.7 Å². The van der Waals surface area contributed by atoms with E-state index in [0.29, 0.717) is 10.3 Å². The number of hydrogen-bond donors (Lipinski definition) is 4. The maximum Gasteiger partial charge on any atom is 0.352 e. The molecule has 2 amide bonds. The van der Waals surface area contributed by atoms with Crippen molar-refractivity contribution in [2.24, 2.45) is 0 Å². The van der Waals surface area contributed by atoms with Crippen molar-refractivity contribution < 1.29 is 34.2 Å². The van der Waals surface area contributed by atoms with Gasteiger partial charge in [0.05, 0.1) is 12.1 Å². The van der Waals surface area contributed by atoms with E-state index in [0.717, 1.165) is 16.2 Å². The molecule has 28 heavy (non-hydrogen) atoms. The molecular formula is C15H16N4O7S2. The van der Waals surface area contributed by atoms with Crippen LogP contribution in [0.4, 0.5) is 0 Å². The highest BCUT2D eigenvalue weighted by molar-refractivity contribution is 8.00. The van der Waals surface area contributed by atoms with Crippen LogP contribution in [-0.4, -0.2) is 67.5 Å². The van der Waals surface area contributed by atoms with Crippen LogP contribution in [0.15, 0.2) is 16.7 Å². The minimum absolute atomic E-state index is 0.131. The van der Waals surface area contributed by atoms with Gasteiger partial charge in [-0.2, -0.15) is 4.73 Å². The first-order valence-corrected chi connectivity index (χ1v) is 9.89. The Balaban J connectivity index is 1.70. The topological polar surface area (TPSA) is 162 Å². The number of nitrogens with zero attached hydrogens (tertiary/aromatic N) is 2. The monoisotopic (exact) mass is 428 g/mol. The molecule has 2 aliphatic rings. The Morgan fingerprint density at radius 2 is 2.14 bits per heavy atom. The van der Waals surface area contributed by atoms with Gasteiger partial charge in [-0.3, -0.25) is 24.7 Å². The quantitative estimate of drug-likeness (QED) is 0.258. The number of aromatic nitrogens is 1. The number of fused-ring (bicyclic) bond motifs is 1. The van der Waals surface area contributed by atoms with Crippen molar-refractivity contribution in [3.63, 3.8) is 0 Å². The van der Waals surface area contributed by atoms with E-state index in [1.807, 2.05) is 0 Å². The first-order chi connectivity index (χ1) is 13.2. The SMILES string of the molecule is CC(=O)OCC1=C(C(=O)O)N2C(=O)C(NC(=O)Cc3csc(=N)n3O)[C@H]2SC1. The molecule has 1 saturated heterocycles. The molecule has 2 atom stereocenters. The first-order valence-electron chi connectivity index (χ1n) is 7.96. The van der Waals surface area contributed by atoms with Gasteiger partial charge >= 0.3 is 11.9 Å². The summed E-state index contributed by atoms with van der Waals surface area (Å²) in [5.41, 5.74) is 0.289. The third-order valence-corrected chi connectivity index (χ3v) is 6.25. The highest BCUT2D eigenvalue weighted by Crippen LogP contribution is 2.40. The Morgan fingerprint density at radius 1 is 1.43 bits per heavy atom. The van der Waals surface area contributed by atoms with Gasteiger partial charge in [0.25, 0.3) is 5.91 Å². The molecule has 1 unspecified atom stereocenters. The number of ether oxygens (including phenoxy) is 1. The Morgan fingerprint density at radius 3 is 2.71 bits per heavy atom. The number of carboxylic acids is 1. The van der Waals surface area contributed by atoms with Gasteiger partial charge in [-0.05, 0) is 0 Å². The van der Waals surface area contributed by atoms with Gasteiger partial charge in [0.15, 0.2) is 0 Å². The standard InChI is InChI=1S/C15H16N4O7S2/c1-6(20)26-3-7-4-27-13-10(12(22)18(13)11(7)14(23)24)17-9(21)2-8-5-28-15(16)19(8)25/h5,10,13,16,25H,2-4H2,1H3,(H,17,21)(H,23,24)/t10?,13-/m1/s1. The van der Waals surface area contributed by atoms with E-state index in [4.69, 9.17) is 10.1 Å². The van der Waals surface area contributed by atoms with Crippen LogP contribution >= 0.6 is 23.1 Å². The van der Waals surface area contributed by atoms with Gasteiger partial charge in [-0.25, -0.2) is 4.79 Å². The molecule has 0 saturated carbocycles. The lowest BCUT2D eigenvalue weighted by Crippen LogP contribution is -2.70. The van der Waals surface area contributed by atoms with Crippen molar-refractivity contribution >= 4 is 46.9 Å². The number of carboxylic acid groups (broad SMARTS) is 1. The number of hydrogen-bond acceptors (Lipinski definition) is 9. The summed E-state index contributed by atoms with van der Waals surface area (Å²) in [5.74, 6) is -2.75. The van der Waals surface area contributed by atoms with Gasteiger partial charge in [-0.15, -0.1) is 23.1 Å². The third kappa shape index (κ3) is 3.62. The molecule has 2 aliphatic heterocycles. The van der Waals surface area contributed by atoms with Crippen LogP contribution < -0.4 is 10.1 Å². The van der Waals surface area contributed by atoms with Gasteiger partial charge in [0.2, 0.25) is 10.7 Å². The maximum absolute atomic E-state index is 12.5. The Hall–Kier alpha value is -2.80. The van der Waals surface area contributed by atoms with E-state index < -0.39 is 35.2 Å². The van der Waals surface area contributed by atoms with E-state index in [2.05, 4.69) is 5.32 Å². The van der Waals surface area contributed by atoms with Crippen LogP contribution in [0.3, 0.4) is 0 Å². The zero-order valence-electron chi connectivity index (χ0n) is 14.5. The average Bonchev–Trinajstić information content (AvgIpc) is 2.95. The summed E-state index contributed by atoms with van der Waals surface area (Å²) >= 11 is 2.21. The Bertz CT molecular complexity index is 950. The molecule has 3 heterocycles. The van der Waals surface area contributed by atoms with Crippen LogP contribution in [0.5, 0.6) is 0 Å². The van der Waals surface area contributed by atoms with Crippen molar-refractivity contribution in [3.05, 3.63) is 27.1 Å². The number of thiazole rings is 1. The zero-order valence-corrected chi connectivity index (χ0v) is 16.1. The molecule has 0 aliphatic carbocycles. The smallest absolute Gasteiger partial charge is 0.352 e. The average molecular weight is 428 g/mol. The van der Waals surface area contributed by atoms with Crippen molar-refractivity contribution in [3.8, 4) is 0 Å². The van der Waals surface area contributed by atoms with Crippen LogP contribution in [0.25, 0.3) is 0 Å². The molecule has 150 valence electrons. The van der Waals surface area contributed by atoms with Crippen molar-refractivity contribution in [1.29, 1.82) is 5.41 Å². The second-order valence-corrected chi connectivity index (χ2v) is 7.98.